The molecule has 3 fully saturated rings. The van der Waals surface area contributed by atoms with E-state index in [4.69, 9.17) is 23.6 Å². The second-order valence-electron chi connectivity index (χ2n) is 7.04. The molecule has 0 aromatic carbocycles. The van der Waals surface area contributed by atoms with Crippen molar-refractivity contribution in [1.29, 1.82) is 0 Å². The maximum atomic E-state index is 9.74. The molecule has 11 nitrogen and oxygen atoms in total. The van der Waals surface area contributed by atoms with Crippen LogP contribution in [-0.4, -0.2) is 53.0 Å². The molecule has 2 saturated heterocycles. The SMILES string of the molecule is C[C@H]1O[C@@H](n2cnc3c(N)nc(OC4CCCC4)nc32)[C@@H]2OS(O)(O)O[C@@H]21. The lowest BCUT2D eigenvalue weighted by molar-refractivity contribution is -0.0326. The number of nitrogen functional groups attached to an aromatic ring is 1. The highest BCUT2D eigenvalue weighted by atomic mass is 32.3. The van der Waals surface area contributed by atoms with Gasteiger partial charge in [0.15, 0.2) is 29.3 Å². The molecule has 0 radical (unpaired) electrons. The van der Waals surface area contributed by atoms with Gasteiger partial charge in [-0.15, -0.1) is 0 Å². The van der Waals surface area contributed by atoms with E-state index >= 15 is 0 Å². The van der Waals surface area contributed by atoms with Gasteiger partial charge in [-0.2, -0.15) is 9.97 Å². The number of fused-ring (bicyclic) bond motifs is 2. The number of ether oxygens (including phenoxy) is 2. The van der Waals surface area contributed by atoms with Crippen LogP contribution in [-0.2, 0) is 13.1 Å². The summed E-state index contributed by atoms with van der Waals surface area (Å²) in [6.07, 6.45) is 3.38. The molecule has 2 aliphatic heterocycles. The second-order valence-corrected chi connectivity index (χ2v) is 8.32. The first kappa shape index (κ1) is 17.4. The average Bonchev–Trinajstić information content (AvgIpc) is 3.34. The summed E-state index contributed by atoms with van der Waals surface area (Å²) in [5.41, 5.74) is 6.89. The standard InChI is InChI=1S/C15H21N5O6S/c1-7-10-11(26-27(21,22)25-10)14(23-7)20-6-17-9-12(16)18-15(19-13(9)20)24-8-4-2-3-5-8/h6-8,10-11,14,21-22H,2-5H2,1H3,(H2,16,18,19)/t7-,10-,11-,14-/m1/s1. The van der Waals surface area contributed by atoms with Gasteiger partial charge in [-0.3, -0.25) is 22.0 Å². The largest absolute Gasteiger partial charge is 0.460 e. The summed E-state index contributed by atoms with van der Waals surface area (Å²) in [6.45, 7) is 1.78. The second kappa shape index (κ2) is 6.15. The van der Waals surface area contributed by atoms with E-state index < -0.39 is 35.7 Å². The molecule has 4 N–H and O–H groups in total. The van der Waals surface area contributed by atoms with Gasteiger partial charge < -0.3 is 15.2 Å². The molecule has 1 aliphatic carbocycles. The van der Waals surface area contributed by atoms with Crippen LogP contribution in [0.4, 0.5) is 5.82 Å². The minimum absolute atomic E-state index is 0.0879. The molecule has 0 amide bonds. The normalized spacial score (nSPS) is 34.2. The van der Waals surface area contributed by atoms with Crippen LogP contribution >= 0.6 is 11.2 Å². The fraction of sp³-hybridized carbons (Fsp3) is 0.667. The monoisotopic (exact) mass is 399 g/mol. The Labute approximate surface area is 156 Å². The lowest BCUT2D eigenvalue weighted by Gasteiger charge is -2.23. The van der Waals surface area contributed by atoms with E-state index in [0.717, 1.165) is 25.7 Å². The van der Waals surface area contributed by atoms with E-state index in [9.17, 15) is 9.11 Å². The Morgan fingerprint density at radius 2 is 1.96 bits per heavy atom. The van der Waals surface area contributed by atoms with Crippen LogP contribution in [0, 0.1) is 0 Å². The molecule has 1 saturated carbocycles. The maximum Gasteiger partial charge on any atom is 0.320 e. The van der Waals surface area contributed by atoms with Gasteiger partial charge in [0.1, 0.15) is 12.2 Å². The van der Waals surface area contributed by atoms with Gasteiger partial charge in [-0.25, -0.2) is 4.98 Å². The Hall–Kier alpha value is -1.70. The van der Waals surface area contributed by atoms with E-state index in [1.807, 2.05) is 0 Å². The van der Waals surface area contributed by atoms with Crippen LogP contribution in [0.5, 0.6) is 6.01 Å². The number of hydrogen-bond donors (Lipinski definition) is 3. The quantitative estimate of drug-likeness (QED) is 0.700. The molecule has 148 valence electrons. The third-order valence-corrected chi connectivity index (χ3v) is 6.12. The summed E-state index contributed by atoms with van der Waals surface area (Å²) in [4.78, 5) is 13.0. The summed E-state index contributed by atoms with van der Waals surface area (Å²) in [6, 6.07) is 0.198. The van der Waals surface area contributed by atoms with Crippen molar-refractivity contribution < 1.29 is 26.9 Å². The zero-order valence-corrected chi connectivity index (χ0v) is 15.4. The molecule has 27 heavy (non-hydrogen) atoms. The van der Waals surface area contributed by atoms with Crippen molar-refractivity contribution in [2.75, 3.05) is 5.73 Å². The first-order chi connectivity index (χ1) is 12.9. The average molecular weight is 399 g/mol. The number of anilines is 1. The van der Waals surface area contributed by atoms with Crippen molar-refractivity contribution in [2.24, 2.45) is 0 Å². The van der Waals surface area contributed by atoms with Crippen molar-refractivity contribution >= 4 is 28.1 Å². The Balaban J connectivity index is 1.50. The van der Waals surface area contributed by atoms with Gasteiger partial charge in [-0.1, -0.05) is 0 Å². The number of hydrogen-bond acceptors (Lipinski definition) is 10. The van der Waals surface area contributed by atoms with Crippen molar-refractivity contribution in [3.8, 4) is 6.01 Å². The van der Waals surface area contributed by atoms with E-state index in [0.29, 0.717) is 11.2 Å². The lowest BCUT2D eigenvalue weighted by Crippen LogP contribution is -2.27. The van der Waals surface area contributed by atoms with Crippen molar-refractivity contribution in [2.45, 2.75) is 63.3 Å². The number of imidazole rings is 1. The van der Waals surface area contributed by atoms with Gasteiger partial charge in [0.05, 0.1) is 12.4 Å². The van der Waals surface area contributed by atoms with Gasteiger partial charge in [-0.05, 0) is 32.6 Å². The van der Waals surface area contributed by atoms with Crippen molar-refractivity contribution in [3.63, 3.8) is 0 Å². The van der Waals surface area contributed by atoms with Crippen molar-refractivity contribution in [1.82, 2.24) is 19.5 Å². The highest BCUT2D eigenvalue weighted by Crippen LogP contribution is 2.57. The molecule has 3 aliphatic rings. The molecule has 4 atom stereocenters. The summed E-state index contributed by atoms with van der Waals surface area (Å²) in [5.74, 6) is 0.210. The summed E-state index contributed by atoms with van der Waals surface area (Å²) < 4.78 is 43.4. The van der Waals surface area contributed by atoms with Crippen molar-refractivity contribution in [3.05, 3.63) is 6.33 Å². The summed E-state index contributed by atoms with van der Waals surface area (Å²) in [7, 11) is 0. The third-order valence-electron chi connectivity index (χ3n) is 5.17. The number of rotatable bonds is 3. The fourth-order valence-electron chi connectivity index (χ4n) is 3.89. The molecule has 4 heterocycles. The van der Waals surface area contributed by atoms with Gasteiger partial charge in [0, 0.05) is 0 Å². The number of nitrogens with two attached hydrogens (primary N) is 1. The van der Waals surface area contributed by atoms with Crippen LogP contribution in [0.1, 0.15) is 38.8 Å². The third kappa shape index (κ3) is 2.92. The van der Waals surface area contributed by atoms with Crippen LogP contribution in [0.3, 0.4) is 0 Å². The first-order valence-corrected chi connectivity index (χ1v) is 10.3. The van der Waals surface area contributed by atoms with Crippen LogP contribution in [0.15, 0.2) is 6.33 Å². The smallest absolute Gasteiger partial charge is 0.320 e. The summed E-state index contributed by atoms with van der Waals surface area (Å²) in [5, 5.41) is 0. The highest BCUT2D eigenvalue weighted by Gasteiger charge is 2.56. The van der Waals surface area contributed by atoms with Gasteiger partial charge in [0.25, 0.3) is 0 Å². The molecule has 0 bridgehead atoms. The van der Waals surface area contributed by atoms with Crippen LogP contribution in [0.2, 0.25) is 0 Å². The zero-order chi connectivity index (χ0) is 18.8. The molecule has 0 unspecified atom stereocenters. The molecular weight excluding hydrogens is 378 g/mol. The maximum absolute atomic E-state index is 9.74. The van der Waals surface area contributed by atoms with E-state index in [2.05, 4.69) is 15.0 Å². The predicted molar refractivity (Wildman–Crippen MR) is 94.8 cm³/mol. The Kier molecular flexibility index (Phi) is 3.97. The van der Waals surface area contributed by atoms with E-state index in [1.54, 1.807) is 11.5 Å². The molecule has 0 spiro atoms. The Morgan fingerprint density at radius 1 is 1.22 bits per heavy atom. The molecule has 5 rings (SSSR count). The molecule has 2 aromatic rings. The number of aromatic nitrogens is 4. The molecular formula is C15H21N5O6S. The van der Waals surface area contributed by atoms with Crippen LogP contribution in [0.25, 0.3) is 11.2 Å². The minimum atomic E-state index is -3.54. The highest BCUT2D eigenvalue weighted by molar-refractivity contribution is 8.16. The minimum Gasteiger partial charge on any atom is -0.460 e. The van der Waals surface area contributed by atoms with Crippen LogP contribution < -0.4 is 10.5 Å². The number of nitrogens with zero attached hydrogens (tertiary/aromatic N) is 4. The van der Waals surface area contributed by atoms with Gasteiger partial charge >= 0.3 is 6.01 Å². The molecule has 2 aromatic heterocycles. The van der Waals surface area contributed by atoms with E-state index in [1.165, 1.54) is 6.33 Å². The van der Waals surface area contributed by atoms with Gasteiger partial charge in [0.2, 0.25) is 11.2 Å². The Bertz CT molecular complexity index is 872. The topological polar surface area (TPSA) is 147 Å². The lowest BCUT2D eigenvalue weighted by atomic mass is 10.1. The predicted octanol–water partition coefficient (Wildman–Crippen LogP) is 2.01. The zero-order valence-electron chi connectivity index (χ0n) is 14.6. The summed E-state index contributed by atoms with van der Waals surface area (Å²) >= 11 is -3.54. The fourth-order valence-corrected chi connectivity index (χ4v) is 4.98. The Morgan fingerprint density at radius 3 is 2.74 bits per heavy atom. The molecule has 12 heteroatoms. The van der Waals surface area contributed by atoms with E-state index in [-0.39, 0.29) is 17.9 Å². The first-order valence-electron chi connectivity index (χ1n) is 8.88.